The van der Waals surface area contributed by atoms with Gasteiger partial charge in [-0.15, -0.1) is 0 Å². The van der Waals surface area contributed by atoms with Gasteiger partial charge in [0.05, 0.1) is 5.92 Å². The molecule has 1 amide bonds. The molecule has 0 aliphatic heterocycles. The van der Waals surface area contributed by atoms with Gasteiger partial charge in [0.25, 0.3) is 0 Å². The molecule has 5 nitrogen and oxygen atoms in total. The van der Waals surface area contributed by atoms with Crippen LogP contribution in [0, 0.1) is 11.8 Å². The second kappa shape index (κ2) is 6.48. The Balaban J connectivity index is 4.12. The number of carboxylic acid groups (broad SMARTS) is 1. The fourth-order valence-corrected chi connectivity index (χ4v) is 1.03. The monoisotopic (exact) mass is 230 g/mol. The molecule has 5 heteroatoms. The van der Waals surface area contributed by atoms with Crippen molar-refractivity contribution >= 4 is 11.9 Å². The van der Waals surface area contributed by atoms with Crippen molar-refractivity contribution in [3.05, 3.63) is 0 Å². The first-order chi connectivity index (χ1) is 7.27. The first-order valence-electron chi connectivity index (χ1n) is 5.44. The Bertz CT molecular complexity index is 254. The summed E-state index contributed by atoms with van der Waals surface area (Å²) in [6.07, 6.45) is 0. The zero-order valence-corrected chi connectivity index (χ0v) is 10.7. The Morgan fingerprint density at radius 1 is 1.19 bits per heavy atom. The number of nitrogens with one attached hydrogen (secondary N) is 1. The molecule has 0 aromatic carbocycles. The summed E-state index contributed by atoms with van der Waals surface area (Å²) in [6.45, 7) is 5.70. The summed E-state index contributed by atoms with van der Waals surface area (Å²) in [4.78, 5) is 24.3. The maximum Gasteiger partial charge on any atom is 0.307 e. The van der Waals surface area contributed by atoms with Crippen LogP contribution < -0.4 is 5.32 Å². The van der Waals surface area contributed by atoms with Crippen molar-refractivity contribution in [3.63, 3.8) is 0 Å². The SMILES string of the molecule is CC(C(=O)O)C(C)C(=O)NCC(C)N(C)C. The summed E-state index contributed by atoms with van der Waals surface area (Å²) in [6, 6.07) is 0.233. The summed E-state index contributed by atoms with van der Waals surface area (Å²) in [5.41, 5.74) is 0. The molecule has 0 aliphatic rings. The first kappa shape index (κ1) is 14.9. The highest BCUT2D eigenvalue weighted by molar-refractivity contribution is 5.84. The fraction of sp³-hybridized carbons (Fsp3) is 0.818. The van der Waals surface area contributed by atoms with Crippen molar-refractivity contribution in [3.8, 4) is 0 Å². The smallest absolute Gasteiger partial charge is 0.307 e. The molecule has 2 N–H and O–H groups in total. The largest absolute Gasteiger partial charge is 0.481 e. The molecule has 0 aromatic rings. The topological polar surface area (TPSA) is 69.6 Å². The molecule has 3 atom stereocenters. The van der Waals surface area contributed by atoms with Gasteiger partial charge in [0.1, 0.15) is 0 Å². The van der Waals surface area contributed by atoms with Gasteiger partial charge < -0.3 is 15.3 Å². The lowest BCUT2D eigenvalue weighted by atomic mass is 9.95. The number of carbonyl (C=O) groups excluding carboxylic acids is 1. The molecule has 0 saturated heterocycles. The van der Waals surface area contributed by atoms with E-state index >= 15 is 0 Å². The van der Waals surface area contributed by atoms with Crippen molar-refractivity contribution in [2.24, 2.45) is 11.8 Å². The molecule has 0 radical (unpaired) electrons. The zero-order valence-electron chi connectivity index (χ0n) is 10.7. The minimum Gasteiger partial charge on any atom is -0.481 e. The molecule has 0 rings (SSSR count). The summed E-state index contributed by atoms with van der Waals surface area (Å²) in [7, 11) is 3.86. The van der Waals surface area contributed by atoms with Gasteiger partial charge in [0.15, 0.2) is 0 Å². The van der Waals surface area contributed by atoms with E-state index in [0.29, 0.717) is 6.54 Å². The highest BCUT2D eigenvalue weighted by atomic mass is 16.4. The van der Waals surface area contributed by atoms with Crippen LogP contribution >= 0.6 is 0 Å². The van der Waals surface area contributed by atoms with Gasteiger partial charge in [-0.25, -0.2) is 0 Å². The second-order valence-corrected chi connectivity index (χ2v) is 4.47. The van der Waals surface area contributed by atoms with Crippen LogP contribution in [0.5, 0.6) is 0 Å². The highest BCUT2D eigenvalue weighted by Gasteiger charge is 2.25. The minimum atomic E-state index is -0.941. The average molecular weight is 230 g/mol. The first-order valence-corrected chi connectivity index (χ1v) is 5.44. The zero-order chi connectivity index (χ0) is 12.9. The lowest BCUT2D eigenvalue weighted by Crippen LogP contribution is -2.42. The van der Waals surface area contributed by atoms with Gasteiger partial charge in [-0.05, 0) is 21.0 Å². The van der Waals surface area contributed by atoms with Crippen LogP contribution in [-0.2, 0) is 9.59 Å². The van der Waals surface area contributed by atoms with Crippen molar-refractivity contribution < 1.29 is 14.7 Å². The highest BCUT2D eigenvalue weighted by Crippen LogP contribution is 2.10. The van der Waals surface area contributed by atoms with Gasteiger partial charge in [0.2, 0.25) is 5.91 Å². The van der Waals surface area contributed by atoms with E-state index in [9.17, 15) is 9.59 Å². The number of amides is 1. The molecule has 0 saturated carbocycles. The molecular formula is C11H22N2O3. The standard InChI is InChI=1S/C11H22N2O3/c1-7(13(4)5)6-12-10(14)8(2)9(3)11(15)16/h7-9H,6H2,1-5H3,(H,12,14)(H,15,16). The number of rotatable bonds is 6. The van der Waals surface area contributed by atoms with Gasteiger partial charge in [-0.3, -0.25) is 9.59 Å². The molecule has 3 unspecified atom stereocenters. The van der Waals surface area contributed by atoms with Gasteiger partial charge in [0, 0.05) is 18.5 Å². The summed E-state index contributed by atoms with van der Waals surface area (Å²) in [5, 5.41) is 11.5. The number of hydrogen-bond donors (Lipinski definition) is 2. The van der Waals surface area contributed by atoms with Crippen LogP contribution in [-0.4, -0.2) is 48.6 Å². The molecule has 16 heavy (non-hydrogen) atoms. The fourth-order valence-electron chi connectivity index (χ4n) is 1.03. The number of hydrogen-bond acceptors (Lipinski definition) is 3. The Morgan fingerprint density at radius 2 is 1.69 bits per heavy atom. The lowest BCUT2D eigenvalue weighted by Gasteiger charge is -2.22. The lowest BCUT2D eigenvalue weighted by molar-refractivity contribution is -0.146. The number of nitrogens with zero attached hydrogens (tertiary/aromatic N) is 1. The summed E-state index contributed by atoms with van der Waals surface area (Å²) < 4.78 is 0. The van der Waals surface area contributed by atoms with Crippen LogP contribution in [0.25, 0.3) is 0 Å². The number of carboxylic acids is 1. The third kappa shape index (κ3) is 4.61. The Kier molecular flexibility index (Phi) is 6.03. The Hall–Kier alpha value is -1.10. The molecular weight excluding hydrogens is 208 g/mol. The van der Waals surface area contributed by atoms with Crippen LogP contribution in [0.15, 0.2) is 0 Å². The third-order valence-electron chi connectivity index (χ3n) is 3.01. The molecule has 94 valence electrons. The van der Waals surface area contributed by atoms with Crippen LogP contribution in [0.2, 0.25) is 0 Å². The average Bonchev–Trinajstić information content (AvgIpc) is 2.22. The van der Waals surface area contributed by atoms with E-state index in [0.717, 1.165) is 0 Å². The molecule has 0 heterocycles. The Labute approximate surface area is 96.8 Å². The predicted octanol–water partition coefficient (Wildman–Crippen LogP) is 0.410. The number of aliphatic carboxylic acids is 1. The van der Waals surface area contributed by atoms with Gasteiger partial charge in [-0.1, -0.05) is 13.8 Å². The van der Waals surface area contributed by atoms with Crippen molar-refractivity contribution in [1.29, 1.82) is 0 Å². The van der Waals surface area contributed by atoms with Crippen molar-refractivity contribution in [2.45, 2.75) is 26.8 Å². The van der Waals surface area contributed by atoms with E-state index in [1.54, 1.807) is 13.8 Å². The summed E-state index contributed by atoms with van der Waals surface area (Å²) in [5.74, 6) is -2.31. The maximum absolute atomic E-state index is 11.6. The van der Waals surface area contributed by atoms with E-state index < -0.39 is 17.8 Å². The minimum absolute atomic E-state index is 0.205. The molecule has 0 spiro atoms. The Morgan fingerprint density at radius 3 is 2.06 bits per heavy atom. The quantitative estimate of drug-likeness (QED) is 0.693. The predicted molar refractivity (Wildman–Crippen MR) is 62.1 cm³/mol. The molecule has 0 fully saturated rings. The van der Waals surface area contributed by atoms with Crippen molar-refractivity contribution in [1.82, 2.24) is 10.2 Å². The van der Waals surface area contributed by atoms with E-state index in [1.165, 1.54) is 0 Å². The molecule has 0 bridgehead atoms. The maximum atomic E-state index is 11.6. The van der Waals surface area contributed by atoms with Crippen LogP contribution in [0.3, 0.4) is 0 Å². The number of carbonyl (C=O) groups is 2. The van der Waals surface area contributed by atoms with Crippen molar-refractivity contribution in [2.75, 3.05) is 20.6 Å². The van der Waals surface area contributed by atoms with Crippen LogP contribution in [0.4, 0.5) is 0 Å². The van der Waals surface area contributed by atoms with Gasteiger partial charge >= 0.3 is 5.97 Å². The van der Waals surface area contributed by atoms with E-state index in [2.05, 4.69) is 5.32 Å². The molecule has 0 aliphatic carbocycles. The van der Waals surface area contributed by atoms with Gasteiger partial charge in [-0.2, -0.15) is 0 Å². The number of likely N-dealkylation sites (N-methyl/N-ethyl adjacent to an activating group) is 1. The molecule has 0 aromatic heterocycles. The third-order valence-corrected chi connectivity index (χ3v) is 3.01. The van der Waals surface area contributed by atoms with E-state index in [-0.39, 0.29) is 11.9 Å². The van der Waals surface area contributed by atoms with Crippen LogP contribution in [0.1, 0.15) is 20.8 Å². The van der Waals surface area contributed by atoms with E-state index in [4.69, 9.17) is 5.11 Å². The van der Waals surface area contributed by atoms with E-state index in [1.807, 2.05) is 25.9 Å². The second-order valence-electron chi connectivity index (χ2n) is 4.47. The summed E-state index contributed by atoms with van der Waals surface area (Å²) >= 11 is 0. The normalized spacial score (nSPS) is 16.6.